The number of hydrogen-bond acceptors (Lipinski definition) is 10. The number of aryl methyl sites for hydroxylation is 1. The number of alkyl carbamates (subject to hydrolysis) is 1. The molecule has 0 unspecified atom stereocenters. The molecule has 1 aliphatic heterocycles. The summed E-state index contributed by atoms with van der Waals surface area (Å²) < 4.78 is 41.4. The smallest absolute Gasteiger partial charge is 0.408 e. The standard InChI is InChI=1S/C29H44ClN7O5SSi/c1-19-24(43(39,40)21-9-12-32-25(31)22(21)30)23-20(17-33-37(23)18-41-15-16-44(6,7)8)26(34-19)36-13-10-29(5,11-14-36)35-27(38)42-28(2,3)4/h9,12,17H,10-11,13-16,18H2,1-8H3,(H2,31,32)(H,35,38). The van der Waals surface area contributed by atoms with Gasteiger partial charge in [-0.1, -0.05) is 31.2 Å². The SMILES string of the molecule is Cc1nc(N2CCC(C)(NC(=O)OC(C)(C)C)CC2)c2cnn(COCC[Si](C)(C)C)c2c1S(=O)(=O)c1ccnc(N)c1Cl. The molecule has 0 aromatic carbocycles. The van der Waals surface area contributed by atoms with Gasteiger partial charge in [-0.15, -0.1) is 0 Å². The number of nitrogen functional groups attached to an aromatic ring is 1. The number of amides is 1. The quantitative estimate of drug-likeness (QED) is 0.224. The van der Waals surface area contributed by atoms with Gasteiger partial charge in [0.25, 0.3) is 0 Å². The highest BCUT2D eigenvalue weighted by atomic mass is 35.5. The molecule has 3 aromatic heterocycles. The predicted octanol–water partition coefficient (Wildman–Crippen LogP) is 5.40. The van der Waals surface area contributed by atoms with Crippen LogP contribution in [-0.2, 0) is 26.0 Å². The molecule has 0 bridgehead atoms. The first-order chi connectivity index (χ1) is 20.3. The van der Waals surface area contributed by atoms with Gasteiger partial charge >= 0.3 is 6.09 Å². The first-order valence-corrected chi connectivity index (χ1v) is 20.2. The lowest BCUT2D eigenvalue weighted by Crippen LogP contribution is -2.54. The number of nitrogens with two attached hydrogens (primary N) is 1. The van der Waals surface area contributed by atoms with Gasteiger partial charge < -0.3 is 25.4 Å². The van der Waals surface area contributed by atoms with Crippen LogP contribution in [0.25, 0.3) is 10.9 Å². The van der Waals surface area contributed by atoms with Gasteiger partial charge in [0.2, 0.25) is 9.84 Å². The largest absolute Gasteiger partial charge is 0.444 e. The number of hydrogen-bond donors (Lipinski definition) is 2. The summed E-state index contributed by atoms with van der Waals surface area (Å²) >= 11 is 6.36. The minimum absolute atomic E-state index is 0.0107. The summed E-state index contributed by atoms with van der Waals surface area (Å²) in [6.07, 6.45) is 3.76. The lowest BCUT2D eigenvalue weighted by Gasteiger charge is -2.40. The van der Waals surface area contributed by atoms with Crippen molar-refractivity contribution in [1.82, 2.24) is 25.1 Å². The third kappa shape index (κ3) is 7.64. The Balaban J connectivity index is 1.72. The van der Waals surface area contributed by atoms with Crippen molar-refractivity contribution in [3.8, 4) is 0 Å². The molecule has 242 valence electrons. The number of anilines is 2. The van der Waals surface area contributed by atoms with Crippen molar-refractivity contribution in [1.29, 1.82) is 0 Å². The molecule has 4 rings (SSSR count). The Morgan fingerprint density at radius 1 is 1.23 bits per heavy atom. The van der Waals surface area contributed by atoms with Crippen molar-refractivity contribution in [3.63, 3.8) is 0 Å². The minimum Gasteiger partial charge on any atom is -0.444 e. The molecule has 0 aliphatic carbocycles. The summed E-state index contributed by atoms with van der Waals surface area (Å²) in [7, 11) is -5.53. The maximum absolute atomic E-state index is 14.2. The van der Waals surface area contributed by atoms with Crippen LogP contribution in [0.15, 0.2) is 28.3 Å². The summed E-state index contributed by atoms with van der Waals surface area (Å²) in [4.78, 5) is 23.2. The Bertz CT molecular complexity index is 1640. The summed E-state index contributed by atoms with van der Waals surface area (Å²) in [6, 6.07) is 2.29. The highest BCUT2D eigenvalue weighted by Gasteiger charge is 2.36. The zero-order valence-corrected chi connectivity index (χ0v) is 29.4. The van der Waals surface area contributed by atoms with E-state index in [1.54, 1.807) is 17.8 Å². The third-order valence-corrected chi connectivity index (χ3v) is 11.7. The Morgan fingerprint density at radius 3 is 2.50 bits per heavy atom. The Labute approximate surface area is 265 Å². The number of rotatable bonds is 9. The lowest BCUT2D eigenvalue weighted by molar-refractivity contribution is 0.0448. The van der Waals surface area contributed by atoms with E-state index in [0.29, 0.717) is 55.0 Å². The predicted molar refractivity (Wildman–Crippen MR) is 175 cm³/mol. The topological polar surface area (TPSA) is 155 Å². The van der Waals surface area contributed by atoms with Crippen LogP contribution in [0.3, 0.4) is 0 Å². The molecule has 1 saturated heterocycles. The second-order valence-electron chi connectivity index (χ2n) is 13.8. The van der Waals surface area contributed by atoms with Crippen LogP contribution >= 0.6 is 11.6 Å². The van der Waals surface area contributed by atoms with Gasteiger partial charge in [0, 0.05) is 39.5 Å². The Kier molecular flexibility index (Phi) is 9.60. The van der Waals surface area contributed by atoms with E-state index in [1.807, 2.05) is 27.7 Å². The van der Waals surface area contributed by atoms with Crippen LogP contribution in [0.5, 0.6) is 0 Å². The van der Waals surface area contributed by atoms with Gasteiger partial charge in [-0.2, -0.15) is 5.10 Å². The molecule has 1 fully saturated rings. The molecule has 4 heterocycles. The minimum atomic E-state index is -4.19. The molecule has 3 aromatic rings. The van der Waals surface area contributed by atoms with E-state index < -0.39 is 35.1 Å². The molecule has 44 heavy (non-hydrogen) atoms. The van der Waals surface area contributed by atoms with E-state index >= 15 is 0 Å². The second-order valence-corrected chi connectivity index (χ2v) is 21.6. The number of carbonyl (C=O) groups excluding carboxylic acids is 1. The van der Waals surface area contributed by atoms with Crippen molar-refractivity contribution in [2.24, 2.45) is 0 Å². The number of carbonyl (C=O) groups is 1. The van der Waals surface area contributed by atoms with Crippen molar-refractivity contribution >= 4 is 58.1 Å². The van der Waals surface area contributed by atoms with E-state index in [2.05, 4.69) is 39.9 Å². The molecule has 1 aliphatic rings. The van der Waals surface area contributed by atoms with Gasteiger partial charge in [0.05, 0.1) is 27.7 Å². The summed E-state index contributed by atoms with van der Waals surface area (Å²) in [6.45, 7) is 17.7. The number of ether oxygens (including phenoxy) is 2. The number of piperidine rings is 1. The number of aromatic nitrogens is 4. The monoisotopic (exact) mass is 665 g/mol. The molecular formula is C29H44ClN7O5SSi. The first kappa shape index (κ1) is 33.9. The molecule has 15 heteroatoms. The van der Waals surface area contributed by atoms with E-state index in [0.717, 1.165) is 6.04 Å². The van der Waals surface area contributed by atoms with Crippen LogP contribution in [0.1, 0.15) is 46.2 Å². The molecule has 0 atom stereocenters. The van der Waals surface area contributed by atoms with Gasteiger partial charge in [0.15, 0.2) is 0 Å². The van der Waals surface area contributed by atoms with Crippen LogP contribution in [0.2, 0.25) is 30.7 Å². The molecule has 0 saturated carbocycles. The molecule has 0 radical (unpaired) electrons. The molecule has 0 spiro atoms. The fourth-order valence-electron chi connectivity index (χ4n) is 5.07. The van der Waals surface area contributed by atoms with E-state index in [-0.39, 0.29) is 27.4 Å². The Hall–Kier alpha value is -2.94. The molecule has 1 amide bonds. The maximum Gasteiger partial charge on any atom is 0.408 e. The second kappa shape index (κ2) is 12.5. The number of pyridine rings is 2. The van der Waals surface area contributed by atoms with Gasteiger partial charge in [-0.3, -0.25) is 0 Å². The molecular weight excluding hydrogens is 622 g/mol. The number of nitrogens with one attached hydrogen (secondary N) is 1. The van der Waals surface area contributed by atoms with Gasteiger partial charge in [0.1, 0.15) is 33.9 Å². The first-order valence-electron chi connectivity index (χ1n) is 14.7. The molecule has 3 N–H and O–H groups in total. The highest BCUT2D eigenvalue weighted by molar-refractivity contribution is 7.92. The number of fused-ring (bicyclic) bond motifs is 1. The van der Waals surface area contributed by atoms with Crippen molar-refractivity contribution in [2.45, 2.75) is 101 Å². The maximum atomic E-state index is 14.2. The van der Waals surface area contributed by atoms with E-state index in [1.165, 1.54) is 12.3 Å². The molecule has 12 nitrogen and oxygen atoms in total. The van der Waals surface area contributed by atoms with Crippen LogP contribution in [0, 0.1) is 6.92 Å². The van der Waals surface area contributed by atoms with Crippen LogP contribution < -0.4 is 16.0 Å². The summed E-state index contributed by atoms with van der Waals surface area (Å²) in [5.74, 6) is 0.537. The third-order valence-electron chi connectivity index (χ3n) is 7.52. The van der Waals surface area contributed by atoms with Crippen LogP contribution in [-0.4, -0.2) is 73.2 Å². The fraction of sp³-hybridized carbons (Fsp3) is 0.586. The van der Waals surface area contributed by atoms with Crippen LogP contribution in [0.4, 0.5) is 16.4 Å². The highest BCUT2D eigenvalue weighted by Crippen LogP contribution is 2.39. The average Bonchev–Trinajstić information content (AvgIpc) is 3.29. The van der Waals surface area contributed by atoms with Crippen molar-refractivity contribution < 1.29 is 22.7 Å². The fourth-order valence-corrected chi connectivity index (χ4v) is 7.94. The van der Waals surface area contributed by atoms with E-state index in [4.69, 9.17) is 31.8 Å². The zero-order chi connectivity index (χ0) is 32.7. The number of sulfone groups is 1. The summed E-state index contributed by atoms with van der Waals surface area (Å²) in [5, 5.41) is 8.02. The van der Waals surface area contributed by atoms with Gasteiger partial charge in [-0.05, 0) is 59.6 Å². The zero-order valence-electron chi connectivity index (χ0n) is 26.8. The van der Waals surface area contributed by atoms with Crippen molar-refractivity contribution in [3.05, 3.63) is 29.2 Å². The van der Waals surface area contributed by atoms with Gasteiger partial charge in [-0.25, -0.2) is 27.9 Å². The average molecular weight is 666 g/mol. The van der Waals surface area contributed by atoms with Crippen molar-refractivity contribution in [2.75, 3.05) is 30.3 Å². The number of halogens is 1. The Morgan fingerprint density at radius 2 is 1.89 bits per heavy atom. The lowest BCUT2D eigenvalue weighted by atomic mass is 9.89. The summed E-state index contributed by atoms with van der Waals surface area (Å²) in [5.41, 5.74) is 5.49. The van der Waals surface area contributed by atoms with E-state index in [9.17, 15) is 13.2 Å². The normalized spacial score (nSPS) is 15.9. The number of nitrogens with zero attached hydrogens (tertiary/aromatic N) is 5.